The zero-order valence-corrected chi connectivity index (χ0v) is 19.5. The van der Waals surface area contributed by atoms with Gasteiger partial charge in [0.15, 0.2) is 17.2 Å². The van der Waals surface area contributed by atoms with E-state index in [0.29, 0.717) is 25.5 Å². The van der Waals surface area contributed by atoms with Crippen LogP contribution in [0, 0.1) is 0 Å². The summed E-state index contributed by atoms with van der Waals surface area (Å²) in [5.41, 5.74) is 2.35. The number of hydrogen-bond acceptors (Lipinski definition) is 9. The first kappa shape index (κ1) is 23.3. The molecule has 1 aromatic carbocycles. The highest BCUT2D eigenvalue weighted by Gasteiger charge is 2.19. The Morgan fingerprint density at radius 3 is 2.71 bits per heavy atom. The average molecular weight is 480 g/mol. The second-order valence-corrected chi connectivity index (χ2v) is 8.52. The Morgan fingerprint density at radius 1 is 1.03 bits per heavy atom. The first-order chi connectivity index (χ1) is 17.2. The summed E-state index contributed by atoms with van der Waals surface area (Å²) < 4.78 is 22.1. The smallest absolute Gasteiger partial charge is 0.273 e. The van der Waals surface area contributed by atoms with E-state index < -0.39 is 0 Å². The fraction of sp³-hybridized carbons (Fsp3) is 0.400. The molecule has 0 spiro atoms. The van der Waals surface area contributed by atoms with Gasteiger partial charge in [-0.15, -0.1) is 0 Å². The largest absolute Gasteiger partial charge is 0.454 e. The first-order valence-electron chi connectivity index (χ1n) is 11.8. The van der Waals surface area contributed by atoms with Gasteiger partial charge in [0, 0.05) is 51.7 Å². The van der Waals surface area contributed by atoms with Gasteiger partial charge in [0.25, 0.3) is 5.91 Å². The van der Waals surface area contributed by atoms with Gasteiger partial charge in [-0.1, -0.05) is 6.07 Å². The van der Waals surface area contributed by atoms with Crippen molar-refractivity contribution >= 4 is 5.91 Å². The van der Waals surface area contributed by atoms with Gasteiger partial charge >= 0.3 is 0 Å². The Kier molecular flexibility index (Phi) is 7.52. The summed E-state index contributed by atoms with van der Waals surface area (Å²) in [6.45, 7) is 6.94. The van der Waals surface area contributed by atoms with Gasteiger partial charge in [-0.05, 0) is 35.4 Å². The van der Waals surface area contributed by atoms with E-state index in [1.165, 1.54) is 6.26 Å². The molecule has 1 saturated heterocycles. The molecule has 5 rings (SSSR count). The lowest BCUT2D eigenvalue weighted by Gasteiger charge is -2.29. The van der Waals surface area contributed by atoms with Gasteiger partial charge in [-0.25, -0.2) is 4.98 Å². The second kappa shape index (κ2) is 11.3. The molecular weight excluding hydrogens is 450 g/mol. The summed E-state index contributed by atoms with van der Waals surface area (Å²) in [4.78, 5) is 25.6. The van der Waals surface area contributed by atoms with Gasteiger partial charge in [0.2, 0.25) is 12.7 Å². The Bertz CT molecular complexity index is 1120. The maximum atomic E-state index is 12.5. The van der Waals surface area contributed by atoms with Crippen molar-refractivity contribution in [3.05, 3.63) is 71.7 Å². The van der Waals surface area contributed by atoms with Crippen LogP contribution in [-0.2, 0) is 24.4 Å². The normalized spacial score (nSPS) is 15.5. The van der Waals surface area contributed by atoms with Gasteiger partial charge in [-0.3, -0.25) is 19.6 Å². The lowest BCUT2D eigenvalue weighted by atomic mass is 10.2. The third-order valence-corrected chi connectivity index (χ3v) is 6.03. The molecule has 0 radical (unpaired) electrons. The third-order valence-electron chi connectivity index (χ3n) is 6.03. The number of ether oxygens (including phenoxy) is 3. The van der Waals surface area contributed by atoms with E-state index in [1.54, 1.807) is 12.4 Å². The molecule has 35 heavy (non-hydrogen) atoms. The summed E-state index contributed by atoms with van der Waals surface area (Å²) in [5, 5.41) is 2.87. The van der Waals surface area contributed by atoms with E-state index in [0.717, 1.165) is 62.0 Å². The molecule has 4 heterocycles. The molecule has 1 amide bonds. The molecule has 0 aliphatic carbocycles. The van der Waals surface area contributed by atoms with Crippen LogP contribution >= 0.6 is 0 Å². The van der Waals surface area contributed by atoms with Crippen molar-refractivity contribution in [3.63, 3.8) is 0 Å². The van der Waals surface area contributed by atoms with Crippen molar-refractivity contribution in [3.8, 4) is 11.5 Å². The topological polar surface area (TPSA) is 102 Å². The number of pyridine rings is 1. The zero-order valence-electron chi connectivity index (χ0n) is 19.5. The molecule has 2 aliphatic heterocycles. The van der Waals surface area contributed by atoms with Crippen molar-refractivity contribution in [1.29, 1.82) is 0 Å². The van der Waals surface area contributed by atoms with Crippen molar-refractivity contribution in [1.82, 2.24) is 25.1 Å². The number of carbonyl (C=O) groups excluding carboxylic acids is 1. The predicted octanol–water partition coefficient (Wildman–Crippen LogP) is 2.06. The minimum atomic E-state index is -0.271. The second-order valence-electron chi connectivity index (χ2n) is 8.52. The van der Waals surface area contributed by atoms with Crippen LogP contribution in [0.3, 0.4) is 0 Å². The Hall–Kier alpha value is -3.47. The molecule has 10 heteroatoms. The monoisotopic (exact) mass is 479 g/mol. The summed E-state index contributed by atoms with van der Waals surface area (Å²) in [5.74, 6) is 1.76. The fourth-order valence-corrected chi connectivity index (χ4v) is 4.07. The standard InChI is InChI=1S/C25H29N5O5/c31-25(27-14-19-3-5-26-6-4-19)21-17-33-24(28-21)16-30(8-7-29-9-11-32-12-10-29)15-20-1-2-22-23(13-20)35-18-34-22/h1-6,13,17H,7-12,14-16,18H2,(H,27,31). The predicted molar refractivity (Wildman–Crippen MR) is 126 cm³/mol. The number of nitrogens with one attached hydrogen (secondary N) is 1. The van der Waals surface area contributed by atoms with E-state index in [2.05, 4.69) is 25.1 Å². The first-order valence-corrected chi connectivity index (χ1v) is 11.8. The van der Waals surface area contributed by atoms with Crippen LogP contribution in [0.15, 0.2) is 53.4 Å². The highest BCUT2D eigenvalue weighted by molar-refractivity contribution is 5.91. The molecule has 1 fully saturated rings. The summed E-state index contributed by atoms with van der Waals surface area (Å²) in [6, 6.07) is 9.71. The average Bonchev–Trinajstić information content (AvgIpc) is 3.56. The number of benzene rings is 1. The number of amides is 1. The molecule has 1 N–H and O–H groups in total. The number of morpholine rings is 1. The number of rotatable bonds is 10. The van der Waals surface area contributed by atoms with Crippen molar-refractivity contribution in [2.24, 2.45) is 0 Å². The lowest BCUT2D eigenvalue weighted by Crippen LogP contribution is -2.41. The maximum Gasteiger partial charge on any atom is 0.273 e. The molecule has 2 aliphatic rings. The summed E-state index contributed by atoms with van der Waals surface area (Å²) in [7, 11) is 0. The molecule has 0 atom stereocenters. The van der Waals surface area contributed by atoms with Crippen LogP contribution in [0.4, 0.5) is 0 Å². The van der Waals surface area contributed by atoms with Crippen LogP contribution in [0.2, 0.25) is 0 Å². The molecule has 2 aromatic heterocycles. The van der Waals surface area contributed by atoms with E-state index in [1.807, 2.05) is 30.3 Å². The number of hydrogen-bond donors (Lipinski definition) is 1. The SMILES string of the molecule is O=C(NCc1ccncc1)c1coc(CN(CCN2CCOCC2)Cc2ccc3c(c2)OCO3)n1. The van der Waals surface area contributed by atoms with Crippen LogP contribution in [0.5, 0.6) is 11.5 Å². The van der Waals surface area contributed by atoms with Crippen LogP contribution in [0.1, 0.15) is 27.5 Å². The minimum Gasteiger partial charge on any atom is -0.454 e. The maximum absolute atomic E-state index is 12.5. The van der Waals surface area contributed by atoms with Gasteiger partial charge in [-0.2, -0.15) is 0 Å². The molecule has 3 aromatic rings. The Balaban J connectivity index is 1.22. The minimum absolute atomic E-state index is 0.252. The zero-order chi connectivity index (χ0) is 23.9. The van der Waals surface area contributed by atoms with Gasteiger partial charge in [0.1, 0.15) is 6.26 Å². The van der Waals surface area contributed by atoms with Gasteiger partial charge < -0.3 is 23.9 Å². The van der Waals surface area contributed by atoms with Crippen LogP contribution in [-0.4, -0.2) is 71.9 Å². The third kappa shape index (κ3) is 6.36. The van der Waals surface area contributed by atoms with Crippen molar-refractivity contribution < 1.29 is 23.4 Å². The molecule has 10 nitrogen and oxygen atoms in total. The molecule has 184 valence electrons. The molecule has 0 unspecified atom stereocenters. The Morgan fingerprint density at radius 2 is 1.86 bits per heavy atom. The van der Waals surface area contributed by atoms with Gasteiger partial charge in [0.05, 0.1) is 19.8 Å². The van der Waals surface area contributed by atoms with E-state index in [4.69, 9.17) is 18.6 Å². The van der Waals surface area contributed by atoms with Crippen molar-refractivity contribution in [2.75, 3.05) is 46.2 Å². The van der Waals surface area contributed by atoms with E-state index in [9.17, 15) is 4.79 Å². The highest BCUT2D eigenvalue weighted by Crippen LogP contribution is 2.32. The van der Waals surface area contributed by atoms with Crippen LogP contribution < -0.4 is 14.8 Å². The lowest BCUT2D eigenvalue weighted by molar-refractivity contribution is 0.0320. The Labute approximate surface area is 203 Å². The summed E-state index contributed by atoms with van der Waals surface area (Å²) in [6.07, 6.45) is 4.81. The number of nitrogens with zero attached hydrogens (tertiary/aromatic N) is 4. The molecule has 0 bridgehead atoms. The van der Waals surface area contributed by atoms with Crippen molar-refractivity contribution in [2.45, 2.75) is 19.6 Å². The number of oxazole rings is 1. The highest BCUT2D eigenvalue weighted by atomic mass is 16.7. The van der Waals surface area contributed by atoms with Crippen LogP contribution in [0.25, 0.3) is 0 Å². The van der Waals surface area contributed by atoms with E-state index in [-0.39, 0.29) is 18.4 Å². The fourth-order valence-electron chi connectivity index (χ4n) is 4.07. The molecular formula is C25H29N5O5. The van der Waals surface area contributed by atoms with E-state index >= 15 is 0 Å². The quantitative estimate of drug-likeness (QED) is 0.468. The molecule has 0 saturated carbocycles. The number of aromatic nitrogens is 2. The summed E-state index contributed by atoms with van der Waals surface area (Å²) >= 11 is 0. The number of fused-ring (bicyclic) bond motifs is 1. The number of carbonyl (C=O) groups is 1.